The Labute approximate surface area is 79.5 Å². The van der Waals surface area contributed by atoms with E-state index in [-0.39, 0.29) is 12.3 Å². The molecule has 0 aliphatic rings. The van der Waals surface area contributed by atoms with Gasteiger partial charge in [0.1, 0.15) is 0 Å². The van der Waals surface area contributed by atoms with E-state index in [2.05, 4.69) is 0 Å². The molecule has 0 heterocycles. The minimum absolute atomic E-state index is 0.0895. The molecule has 0 saturated carbocycles. The first-order chi connectivity index (χ1) is 5.67. The highest BCUT2D eigenvalue weighted by molar-refractivity contribution is 4.77. The molecule has 0 N–H and O–H groups in total. The highest BCUT2D eigenvalue weighted by atomic mass is 19.4. The van der Waals surface area contributed by atoms with Crippen LogP contribution in [0, 0.1) is 11.3 Å². The predicted molar refractivity (Wildman–Crippen MR) is 50.6 cm³/mol. The molecule has 0 fully saturated rings. The molecule has 0 bridgehead atoms. The molecule has 0 rings (SSSR count). The summed E-state index contributed by atoms with van der Waals surface area (Å²) in [6.45, 7) is 10.1. The van der Waals surface area contributed by atoms with Crippen molar-refractivity contribution in [2.75, 3.05) is 0 Å². The first-order valence-corrected chi connectivity index (χ1v) is 4.73. The second-order valence-corrected chi connectivity index (χ2v) is 3.98. The molecule has 13 heavy (non-hydrogen) atoms. The summed E-state index contributed by atoms with van der Waals surface area (Å²) in [6.07, 6.45) is -3.88. The Balaban J connectivity index is 0. The average Bonchev–Trinajstić information content (AvgIpc) is 1.86. The standard InChI is InChI=1S/C8H15F3.C2H6/c1-6(2)5-7(3,4)8(9,10)11;1-2/h6H,5H2,1-4H3;1-2H3. The van der Waals surface area contributed by atoms with Crippen LogP contribution in [0.5, 0.6) is 0 Å². The topological polar surface area (TPSA) is 0 Å². The maximum Gasteiger partial charge on any atom is 0.393 e. The first kappa shape index (κ1) is 15.3. The van der Waals surface area contributed by atoms with Crippen molar-refractivity contribution in [2.45, 2.75) is 54.1 Å². The van der Waals surface area contributed by atoms with Gasteiger partial charge in [-0.25, -0.2) is 0 Å². The summed E-state index contributed by atoms with van der Waals surface area (Å²) in [5.74, 6) is 0.0895. The molecular formula is C10H21F3. The monoisotopic (exact) mass is 198 g/mol. The fraction of sp³-hybridized carbons (Fsp3) is 1.00. The number of rotatable bonds is 2. The summed E-state index contributed by atoms with van der Waals surface area (Å²) in [6, 6.07) is 0. The second-order valence-electron chi connectivity index (χ2n) is 3.98. The van der Waals surface area contributed by atoms with Crippen molar-refractivity contribution in [1.82, 2.24) is 0 Å². The molecule has 0 nitrogen and oxygen atoms in total. The Hall–Kier alpha value is -0.210. The van der Waals surface area contributed by atoms with Gasteiger partial charge in [-0.05, 0) is 12.3 Å². The highest BCUT2D eigenvalue weighted by Crippen LogP contribution is 2.41. The van der Waals surface area contributed by atoms with E-state index in [0.717, 1.165) is 0 Å². The zero-order valence-corrected chi connectivity index (χ0v) is 9.42. The van der Waals surface area contributed by atoms with Crippen LogP contribution in [0.15, 0.2) is 0 Å². The van der Waals surface area contributed by atoms with Gasteiger partial charge >= 0.3 is 6.18 Å². The van der Waals surface area contributed by atoms with E-state index >= 15 is 0 Å². The smallest absolute Gasteiger partial charge is 0.171 e. The maximum atomic E-state index is 12.2. The molecule has 3 heteroatoms. The average molecular weight is 198 g/mol. The van der Waals surface area contributed by atoms with Crippen molar-refractivity contribution in [1.29, 1.82) is 0 Å². The molecule has 0 radical (unpaired) electrons. The minimum Gasteiger partial charge on any atom is -0.171 e. The molecule has 0 atom stereocenters. The van der Waals surface area contributed by atoms with E-state index in [9.17, 15) is 13.2 Å². The van der Waals surface area contributed by atoms with Crippen molar-refractivity contribution in [2.24, 2.45) is 11.3 Å². The lowest BCUT2D eigenvalue weighted by Crippen LogP contribution is -2.33. The van der Waals surface area contributed by atoms with Crippen LogP contribution >= 0.6 is 0 Å². The fourth-order valence-corrected chi connectivity index (χ4v) is 1.14. The molecule has 0 aromatic carbocycles. The lowest BCUT2D eigenvalue weighted by molar-refractivity contribution is -0.216. The zero-order chi connectivity index (χ0) is 11.3. The lowest BCUT2D eigenvalue weighted by atomic mass is 9.83. The Kier molecular flexibility index (Phi) is 6.47. The third kappa shape index (κ3) is 5.94. The first-order valence-electron chi connectivity index (χ1n) is 4.73. The van der Waals surface area contributed by atoms with Crippen LogP contribution in [0.3, 0.4) is 0 Å². The predicted octanol–water partition coefficient (Wildman–Crippen LogP) is 4.65. The summed E-state index contributed by atoms with van der Waals surface area (Å²) >= 11 is 0. The number of hydrogen-bond acceptors (Lipinski definition) is 0. The lowest BCUT2D eigenvalue weighted by Gasteiger charge is -2.29. The molecule has 0 aromatic heterocycles. The molecule has 0 amide bonds. The summed E-state index contributed by atoms with van der Waals surface area (Å²) in [7, 11) is 0. The van der Waals surface area contributed by atoms with E-state index in [0.29, 0.717) is 0 Å². The van der Waals surface area contributed by atoms with Crippen LogP contribution in [0.1, 0.15) is 48.0 Å². The third-order valence-corrected chi connectivity index (χ3v) is 1.69. The largest absolute Gasteiger partial charge is 0.393 e. The summed E-state index contributed by atoms with van der Waals surface area (Å²) < 4.78 is 36.6. The molecule has 0 saturated heterocycles. The van der Waals surface area contributed by atoms with Crippen LogP contribution in [-0.4, -0.2) is 6.18 Å². The number of halogens is 3. The second kappa shape index (κ2) is 5.51. The zero-order valence-electron chi connectivity index (χ0n) is 9.42. The van der Waals surface area contributed by atoms with Gasteiger partial charge in [-0.3, -0.25) is 0 Å². The molecule has 0 aromatic rings. The number of hydrogen-bond donors (Lipinski definition) is 0. The Morgan fingerprint density at radius 1 is 1.00 bits per heavy atom. The van der Waals surface area contributed by atoms with Gasteiger partial charge in [-0.1, -0.05) is 41.5 Å². The van der Waals surface area contributed by atoms with Crippen LogP contribution in [0.2, 0.25) is 0 Å². The van der Waals surface area contributed by atoms with Crippen LogP contribution in [-0.2, 0) is 0 Å². The van der Waals surface area contributed by atoms with Crippen molar-refractivity contribution in [3.63, 3.8) is 0 Å². The van der Waals surface area contributed by atoms with Crippen molar-refractivity contribution in [3.8, 4) is 0 Å². The van der Waals surface area contributed by atoms with E-state index < -0.39 is 11.6 Å². The van der Waals surface area contributed by atoms with E-state index in [1.54, 1.807) is 13.8 Å². The Morgan fingerprint density at radius 3 is 1.38 bits per heavy atom. The minimum atomic E-state index is -4.07. The van der Waals surface area contributed by atoms with Gasteiger partial charge in [0.05, 0.1) is 5.41 Å². The fourth-order valence-electron chi connectivity index (χ4n) is 1.14. The van der Waals surface area contributed by atoms with Gasteiger partial charge in [0.15, 0.2) is 0 Å². The van der Waals surface area contributed by atoms with Crippen molar-refractivity contribution < 1.29 is 13.2 Å². The molecule has 82 valence electrons. The van der Waals surface area contributed by atoms with Gasteiger partial charge in [0.25, 0.3) is 0 Å². The Morgan fingerprint density at radius 2 is 1.31 bits per heavy atom. The molecule has 0 unspecified atom stereocenters. The van der Waals surface area contributed by atoms with Crippen LogP contribution in [0.25, 0.3) is 0 Å². The van der Waals surface area contributed by atoms with Gasteiger partial charge in [0, 0.05) is 0 Å². The van der Waals surface area contributed by atoms with Crippen LogP contribution < -0.4 is 0 Å². The Bertz CT molecular complexity index is 123. The molecular weight excluding hydrogens is 177 g/mol. The third-order valence-electron chi connectivity index (χ3n) is 1.69. The summed E-state index contributed by atoms with van der Waals surface area (Å²) in [5, 5.41) is 0. The van der Waals surface area contributed by atoms with E-state index in [4.69, 9.17) is 0 Å². The van der Waals surface area contributed by atoms with Crippen LogP contribution in [0.4, 0.5) is 13.2 Å². The van der Waals surface area contributed by atoms with Crippen molar-refractivity contribution in [3.05, 3.63) is 0 Å². The van der Waals surface area contributed by atoms with Gasteiger partial charge in [-0.15, -0.1) is 0 Å². The highest BCUT2D eigenvalue weighted by Gasteiger charge is 2.46. The normalized spacial score (nSPS) is 12.5. The SMILES string of the molecule is CC.CC(C)CC(C)(C)C(F)(F)F. The molecule has 0 spiro atoms. The quantitative estimate of drug-likeness (QED) is 0.606. The molecule has 0 aliphatic heterocycles. The molecule has 0 aliphatic carbocycles. The maximum absolute atomic E-state index is 12.2. The summed E-state index contributed by atoms with van der Waals surface area (Å²) in [5.41, 5.74) is -1.54. The van der Waals surface area contributed by atoms with E-state index in [1.165, 1.54) is 13.8 Å². The summed E-state index contributed by atoms with van der Waals surface area (Å²) in [4.78, 5) is 0. The van der Waals surface area contributed by atoms with Gasteiger partial charge in [0.2, 0.25) is 0 Å². The van der Waals surface area contributed by atoms with Crippen molar-refractivity contribution >= 4 is 0 Å². The van der Waals surface area contributed by atoms with Gasteiger partial charge < -0.3 is 0 Å². The van der Waals surface area contributed by atoms with Gasteiger partial charge in [-0.2, -0.15) is 13.2 Å². The number of alkyl halides is 3. The van der Waals surface area contributed by atoms with E-state index in [1.807, 2.05) is 13.8 Å².